The summed E-state index contributed by atoms with van der Waals surface area (Å²) < 4.78 is 0. The second kappa shape index (κ2) is 7.49. The summed E-state index contributed by atoms with van der Waals surface area (Å²) in [5, 5.41) is 4.69. The van der Waals surface area contributed by atoms with Crippen LogP contribution in [0, 0.1) is 0 Å². The number of anilines is 1. The van der Waals surface area contributed by atoms with Crippen LogP contribution < -0.4 is 11.2 Å². The Hall–Kier alpha value is -2.50. The first kappa shape index (κ1) is 15.9. The third-order valence-electron chi connectivity index (χ3n) is 3.04. The zero-order chi connectivity index (χ0) is 15.9. The minimum absolute atomic E-state index is 0.0706. The van der Waals surface area contributed by atoms with Gasteiger partial charge in [0.1, 0.15) is 0 Å². The number of hydrogen-bond acceptors (Lipinski definition) is 3. The summed E-state index contributed by atoms with van der Waals surface area (Å²) in [5.41, 5.74) is 1.79. The lowest BCUT2D eigenvalue weighted by atomic mass is 10.0. The number of nitrogens with one attached hydrogen (secondary N) is 1. The van der Waals surface area contributed by atoms with Crippen molar-refractivity contribution < 1.29 is 4.79 Å². The molecular formula is C17H17N3OS. The van der Waals surface area contributed by atoms with Gasteiger partial charge >= 0.3 is 0 Å². The monoisotopic (exact) mass is 311 g/mol. The van der Waals surface area contributed by atoms with Gasteiger partial charge in [0.15, 0.2) is 10.9 Å². The quantitative estimate of drug-likeness (QED) is 0.292. The molecule has 4 nitrogen and oxygen atoms in total. The summed E-state index contributed by atoms with van der Waals surface area (Å²) in [4.78, 5) is 12.6. The van der Waals surface area contributed by atoms with Gasteiger partial charge in [-0.15, -0.1) is 6.58 Å². The second-order valence-electron chi connectivity index (χ2n) is 4.61. The summed E-state index contributed by atoms with van der Waals surface area (Å²) in [5.74, 6) is 5.72. The molecule has 2 aromatic rings. The molecule has 2 rings (SSSR count). The molecule has 22 heavy (non-hydrogen) atoms. The van der Waals surface area contributed by atoms with Crippen molar-refractivity contribution >= 4 is 28.8 Å². The standard InChI is InChI=1S/C17H17N3OS/c1-2-12-20(18)17(22)19-15-11-7-6-10-14(15)16(21)13-8-4-3-5-9-13/h2-11H,1,12,18H2,(H,19,22). The van der Waals surface area contributed by atoms with E-state index in [2.05, 4.69) is 11.9 Å². The highest BCUT2D eigenvalue weighted by atomic mass is 32.1. The Morgan fingerprint density at radius 3 is 2.50 bits per heavy atom. The minimum atomic E-state index is -0.0706. The highest BCUT2D eigenvalue weighted by molar-refractivity contribution is 7.80. The zero-order valence-electron chi connectivity index (χ0n) is 12.0. The molecule has 112 valence electrons. The second-order valence-corrected chi connectivity index (χ2v) is 5.00. The molecule has 0 spiro atoms. The number of benzene rings is 2. The molecule has 5 heteroatoms. The predicted molar refractivity (Wildman–Crippen MR) is 93.6 cm³/mol. The van der Waals surface area contributed by atoms with Gasteiger partial charge in [-0.1, -0.05) is 48.5 Å². The molecule has 0 aromatic heterocycles. The van der Waals surface area contributed by atoms with Crippen molar-refractivity contribution in [2.75, 3.05) is 11.9 Å². The molecule has 0 amide bonds. The molecule has 0 aliphatic rings. The van der Waals surface area contributed by atoms with Crippen LogP contribution >= 0.6 is 12.2 Å². The number of carbonyl (C=O) groups excluding carboxylic acids is 1. The third kappa shape index (κ3) is 3.78. The van der Waals surface area contributed by atoms with E-state index in [1.54, 1.807) is 30.3 Å². The molecule has 0 unspecified atom stereocenters. The summed E-state index contributed by atoms with van der Waals surface area (Å²) in [6, 6.07) is 16.3. The van der Waals surface area contributed by atoms with Gasteiger partial charge in [0, 0.05) is 11.1 Å². The van der Waals surface area contributed by atoms with Crippen molar-refractivity contribution in [3.8, 4) is 0 Å². The number of rotatable bonds is 5. The van der Waals surface area contributed by atoms with E-state index in [0.717, 1.165) is 0 Å². The largest absolute Gasteiger partial charge is 0.331 e. The van der Waals surface area contributed by atoms with E-state index in [-0.39, 0.29) is 5.78 Å². The number of para-hydroxylation sites is 1. The van der Waals surface area contributed by atoms with Crippen LogP contribution in [0.25, 0.3) is 0 Å². The molecule has 0 aliphatic carbocycles. The number of ketones is 1. The van der Waals surface area contributed by atoms with Crippen LogP contribution in [0.3, 0.4) is 0 Å². The molecular weight excluding hydrogens is 294 g/mol. The highest BCUT2D eigenvalue weighted by Gasteiger charge is 2.14. The Kier molecular flexibility index (Phi) is 5.41. The number of thiocarbonyl (C=S) groups is 1. The fraction of sp³-hybridized carbons (Fsp3) is 0.0588. The predicted octanol–water partition coefficient (Wildman–Crippen LogP) is 2.98. The smallest absolute Gasteiger partial charge is 0.195 e. The van der Waals surface area contributed by atoms with E-state index in [9.17, 15) is 4.79 Å². The lowest BCUT2D eigenvalue weighted by molar-refractivity contribution is 0.103. The van der Waals surface area contributed by atoms with Crippen molar-refractivity contribution in [1.82, 2.24) is 5.01 Å². The third-order valence-corrected chi connectivity index (χ3v) is 3.37. The Balaban J connectivity index is 2.26. The van der Waals surface area contributed by atoms with Crippen molar-refractivity contribution in [1.29, 1.82) is 0 Å². The van der Waals surface area contributed by atoms with Gasteiger partial charge in [0.2, 0.25) is 0 Å². The number of nitrogens with two attached hydrogens (primary N) is 1. The van der Waals surface area contributed by atoms with E-state index in [1.165, 1.54) is 5.01 Å². The maximum Gasteiger partial charge on any atom is 0.195 e. The van der Waals surface area contributed by atoms with E-state index >= 15 is 0 Å². The minimum Gasteiger partial charge on any atom is -0.331 e. The highest BCUT2D eigenvalue weighted by Crippen LogP contribution is 2.19. The zero-order valence-corrected chi connectivity index (χ0v) is 12.8. The number of carbonyl (C=O) groups is 1. The fourth-order valence-corrected chi connectivity index (χ4v) is 2.13. The SMILES string of the molecule is C=CCN(N)C(=S)Nc1ccccc1C(=O)c1ccccc1. The maximum atomic E-state index is 12.6. The molecule has 0 saturated heterocycles. The first-order valence-electron chi connectivity index (χ1n) is 6.76. The Labute approximate surface area is 135 Å². The summed E-state index contributed by atoms with van der Waals surface area (Å²) in [6.07, 6.45) is 1.65. The van der Waals surface area contributed by atoms with Crippen molar-refractivity contribution in [2.45, 2.75) is 0 Å². The van der Waals surface area contributed by atoms with Gasteiger partial charge in [-0.3, -0.25) is 9.80 Å². The van der Waals surface area contributed by atoms with Crippen LogP contribution in [0.5, 0.6) is 0 Å². The molecule has 3 N–H and O–H groups in total. The maximum absolute atomic E-state index is 12.6. The van der Waals surface area contributed by atoms with Crippen LogP contribution in [0.2, 0.25) is 0 Å². The van der Waals surface area contributed by atoms with Crippen LogP contribution in [-0.4, -0.2) is 22.4 Å². The molecule has 0 radical (unpaired) electrons. The van der Waals surface area contributed by atoms with Gasteiger partial charge in [-0.25, -0.2) is 5.84 Å². The molecule has 0 heterocycles. The van der Waals surface area contributed by atoms with Crippen LogP contribution in [0.1, 0.15) is 15.9 Å². The van der Waals surface area contributed by atoms with Crippen molar-refractivity contribution in [2.24, 2.45) is 5.84 Å². The van der Waals surface area contributed by atoms with Gasteiger partial charge < -0.3 is 5.32 Å². The van der Waals surface area contributed by atoms with Gasteiger partial charge in [0.05, 0.1) is 12.2 Å². The number of hydrogen-bond donors (Lipinski definition) is 2. The molecule has 0 atom stereocenters. The van der Waals surface area contributed by atoms with Crippen molar-refractivity contribution in [3.63, 3.8) is 0 Å². The topological polar surface area (TPSA) is 58.4 Å². The molecule has 0 saturated carbocycles. The average Bonchev–Trinajstić information content (AvgIpc) is 2.55. The van der Waals surface area contributed by atoms with Crippen LogP contribution in [-0.2, 0) is 0 Å². The summed E-state index contributed by atoms with van der Waals surface area (Å²) in [7, 11) is 0. The normalized spacial score (nSPS) is 9.86. The first-order valence-corrected chi connectivity index (χ1v) is 7.17. The lowest BCUT2D eigenvalue weighted by Crippen LogP contribution is -2.40. The van der Waals surface area contributed by atoms with Crippen LogP contribution in [0.15, 0.2) is 67.3 Å². The Bertz CT molecular complexity index is 685. The molecule has 0 fully saturated rings. The van der Waals surface area contributed by atoms with Gasteiger partial charge in [-0.05, 0) is 24.4 Å². The average molecular weight is 311 g/mol. The fourth-order valence-electron chi connectivity index (χ4n) is 1.94. The summed E-state index contributed by atoms with van der Waals surface area (Å²) >= 11 is 5.22. The number of hydrazine groups is 1. The Morgan fingerprint density at radius 2 is 1.82 bits per heavy atom. The van der Waals surface area contributed by atoms with Crippen molar-refractivity contribution in [3.05, 3.63) is 78.4 Å². The van der Waals surface area contributed by atoms with Gasteiger partial charge in [0.25, 0.3) is 0 Å². The van der Waals surface area contributed by atoms with E-state index in [0.29, 0.717) is 28.5 Å². The summed E-state index contributed by atoms with van der Waals surface area (Å²) in [6.45, 7) is 4.03. The lowest BCUT2D eigenvalue weighted by Gasteiger charge is -2.20. The van der Waals surface area contributed by atoms with Crippen LogP contribution in [0.4, 0.5) is 5.69 Å². The van der Waals surface area contributed by atoms with E-state index in [1.807, 2.05) is 30.3 Å². The molecule has 0 bridgehead atoms. The van der Waals surface area contributed by atoms with E-state index < -0.39 is 0 Å². The molecule has 2 aromatic carbocycles. The Morgan fingerprint density at radius 1 is 1.18 bits per heavy atom. The van der Waals surface area contributed by atoms with E-state index in [4.69, 9.17) is 18.1 Å². The number of nitrogens with zero attached hydrogens (tertiary/aromatic N) is 1. The molecule has 0 aliphatic heterocycles. The van der Waals surface area contributed by atoms with Gasteiger partial charge in [-0.2, -0.15) is 0 Å². The first-order chi connectivity index (χ1) is 10.6.